The van der Waals surface area contributed by atoms with E-state index >= 15 is 0 Å². The summed E-state index contributed by atoms with van der Waals surface area (Å²) in [5.41, 5.74) is 16.3. The monoisotopic (exact) mass is 667 g/mol. The van der Waals surface area contributed by atoms with Gasteiger partial charge in [-0.25, -0.2) is 0 Å². The molecule has 2 atom stereocenters. The normalized spacial score (nSPS) is 16.8. The number of fused-ring (bicyclic) bond motifs is 3. The van der Waals surface area contributed by atoms with Crippen LogP contribution in [0.1, 0.15) is 36.5 Å². The maximum absolute atomic E-state index is 2.42. The van der Waals surface area contributed by atoms with Crippen molar-refractivity contribution in [1.29, 1.82) is 0 Å². The van der Waals surface area contributed by atoms with E-state index in [4.69, 9.17) is 0 Å². The van der Waals surface area contributed by atoms with Gasteiger partial charge in [0.2, 0.25) is 0 Å². The number of nitrogens with zero attached hydrogens (tertiary/aromatic N) is 1. The van der Waals surface area contributed by atoms with E-state index in [1.807, 2.05) is 0 Å². The molecule has 0 fully saturated rings. The molecule has 2 aliphatic rings. The number of allylic oxidation sites excluding steroid dienone is 4. The molecule has 7 aromatic rings. The molecule has 1 heteroatoms. The summed E-state index contributed by atoms with van der Waals surface area (Å²) in [5.74, 6) is 0.777. The molecule has 0 aromatic heterocycles. The van der Waals surface area contributed by atoms with Gasteiger partial charge < -0.3 is 4.90 Å². The average molecular weight is 668 g/mol. The highest BCUT2D eigenvalue weighted by Gasteiger charge is 2.46. The minimum absolute atomic E-state index is 0.0830. The summed E-state index contributed by atoms with van der Waals surface area (Å²) in [4.78, 5) is 2.42. The fourth-order valence-electron chi connectivity index (χ4n) is 8.57. The summed E-state index contributed by atoms with van der Waals surface area (Å²) >= 11 is 0. The van der Waals surface area contributed by atoms with Gasteiger partial charge in [0.15, 0.2) is 0 Å². The third-order valence-electron chi connectivity index (χ3n) is 11.2. The van der Waals surface area contributed by atoms with Crippen molar-refractivity contribution in [3.63, 3.8) is 0 Å². The van der Waals surface area contributed by atoms with Crippen LogP contribution >= 0.6 is 0 Å². The second kappa shape index (κ2) is 13.2. The molecule has 0 saturated heterocycles. The Balaban J connectivity index is 1.17. The Labute approximate surface area is 307 Å². The van der Waals surface area contributed by atoms with Crippen molar-refractivity contribution in [2.45, 2.75) is 25.2 Å². The first-order chi connectivity index (χ1) is 25.6. The summed E-state index contributed by atoms with van der Waals surface area (Å²) in [5, 5.41) is 0. The highest BCUT2D eigenvalue weighted by Crippen LogP contribution is 2.57. The maximum atomic E-state index is 2.42. The van der Waals surface area contributed by atoms with Gasteiger partial charge in [-0.1, -0.05) is 178 Å². The molecule has 250 valence electrons. The summed E-state index contributed by atoms with van der Waals surface area (Å²) in [6.07, 6.45) is 7.04. The van der Waals surface area contributed by atoms with Crippen molar-refractivity contribution in [2.24, 2.45) is 5.92 Å². The molecule has 0 amide bonds. The summed E-state index contributed by atoms with van der Waals surface area (Å²) in [6.45, 7) is 4.81. The minimum Gasteiger partial charge on any atom is -0.310 e. The number of rotatable bonds is 7. The van der Waals surface area contributed by atoms with Crippen LogP contribution in [-0.4, -0.2) is 0 Å². The lowest BCUT2D eigenvalue weighted by atomic mass is 9.71. The van der Waals surface area contributed by atoms with E-state index in [9.17, 15) is 0 Å². The van der Waals surface area contributed by atoms with Crippen LogP contribution in [0.15, 0.2) is 200 Å². The van der Waals surface area contributed by atoms with Gasteiger partial charge in [0.05, 0.1) is 5.69 Å². The molecule has 0 N–H and O–H groups in total. The zero-order valence-electron chi connectivity index (χ0n) is 29.7. The molecule has 0 saturated carbocycles. The largest absolute Gasteiger partial charge is 0.310 e. The van der Waals surface area contributed by atoms with E-state index in [-0.39, 0.29) is 5.41 Å². The zero-order chi connectivity index (χ0) is 35.1. The van der Waals surface area contributed by atoms with E-state index in [2.05, 4.69) is 219 Å². The van der Waals surface area contributed by atoms with E-state index in [1.165, 1.54) is 55.6 Å². The molecule has 0 spiro atoms. The summed E-state index contributed by atoms with van der Waals surface area (Å²) in [6, 6.07) is 66.3. The first-order valence-electron chi connectivity index (χ1n) is 18.3. The van der Waals surface area contributed by atoms with Crippen molar-refractivity contribution in [3.05, 3.63) is 217 Å². The smallest absolute Gasteiger partial charge is 0.0540 e. The van der Waals surface area contributed by atoms with Crippen LogP contribution in [0.2, 0.25) is 0 Å². The van der Waals surface area contributed by atoms with Gasteiger partial charge in [0.25, 0.3) is 0 Å². The van der Waals surface area contributed by atoms with Gasteiger partial charge in [-0.15, -0.1) is 0 Å². The first-order valence-corrected chi connectivity index (χ1v) is 18.3. The Hall–Kier alpha value is -6.18. The third-order valence-corrected chi connectivity index (χ3v) is 11.2. The molecule has 9 rings (SSSR count). The molecule has 0 heterocycles. The van der Waals surface area contributed by atoms with E-state index in [0.717, 1.165) is 17.1 Å². The lowest BCUT2D eigenvalue weighted by Crippen LogP contribution is -2.25. The van der Waals surface area contributed by atoms with Crippen LogP contribution in [0, 0.1) is 5.92 Å². The molecule has 0 bridgehead atoms. The van der Waals surface area contributed by atoms with Gasteiger partial charge >= 0.3 is 0 Å². The Kier molecular flexibility index (Phi) is 8.05. The first kappa shape index (κ1) is 31.8. The molecule has 0 radical (unpaired) electrons. The Morgan fingerprint density at radius 1 is 0.462 bits per heavy atom. The molecular formula is C51H41N. The molecule has 0 aliphatic heterocycles. The van der Waals surface area contributed by atoms with Gasteiger partial charge in [0, 0.05) is 22.9 Å². The SMILES string of the molecule is CC1(C)c2ccccc2C2C(c3ccc(N(c4ccc(-c5ccccc5)cc4)c4ccc(-c5ccccc5)cc4-c4ccccc4)cc3)=CC=CC21. The van der Waals surface area contributed by atoms with Crippen molar-refractivity contribution < 1.29 is 0 Å². The highest BCUT2D eigenvalue weighted by atomic mass is 15.1. The van der Waals surface area contributed by atoms with Crippen LogP contribution in [0.4, 0.5) is 17.1 Å². The highest BCUT2D eigenvalue weighted by molar-refractivity contribution is 5.91. The van der Waals surface area contributed by atoms with E-state index in [1.54, 1.807) is 0 Å². The zero-order valence-corrected chi connectivity index (χ0v) is 29.7. The van der Waals surface area contributed by atoms with Crippen molar-refractivity contribution >= 4 is 22.6 Å². The van der Waals surface area contributed by atoms with Crippen LogP contribution in [0.3, 0.4) is 0 Å². The summed E-state index contributed by atoms with van der Waals surface area (Å²) < 4.78 is 0. The molecule has 2 aliphatic carbocycles. The number of hydrogen-bond acceptors (Lipinski definition) is 1. The maximum Gasteiger partial charge on any atom is 0.0540 e. The second-order valence-corrected chi connectivity index (χ2v) is 14.6. The average Bonchev–Trinajstić information content (AvgIpc) is 3.46. The van der Waals surface area contributed by atoms with Crippen molar-refractivity contribution in [2.75, 3.05) is 4.90 Å². The van der Waals surface area contributed by atoms with Crippen LogP contribution in [-0.2, 0) is 5.41 Å². The predicted octanol–water partition coefficient (Wildman–Crippen LogP) is 13.8. The summed E-state index contributed by atoms with van der Waals surface area (Å²) in [7, 11) is 0. The fourth-order valence-corrected chi connectivity index (χ4v) is 8.57. The predicted molar refractivity (Wildman–Crippen MR) is 220 cm³/mol. The van der Waals surface area contributed by atoms with Crippen LogP contribution in [0.25, 0.3) is 39.0 Å². The van der Waals surface area contributed by atoms with Gasteiger partial charge in [-0.05, 0) is 97.8 Å². The molecule has 7 aromatic carbocycles. The second-order valence-electron chi connectivity index (χ2n) is 14.6. The Morgan fingerprint density at radius 3 is 1.60 bits per heavy atom. The molecule has 52 heavy (non-hydrogen) atoms. The Morgan fingerprint density at radius 2 is 0.962 bits per heavy atom. The number of benzene rings is 7. The molecule has 2 unspecified atom stereocenters. The topological polar surface area (TPSA) is 3.24 Å². The lowest BCUT2D eigenvalue weighted by molar-refractivity contribution is 0.399. The van der Waals surface area contributed by atoms with Crippen molar-refractivity contribution in [1.82, 2.24) is 0 Å². The van der Waals surface area contributed by atoms with E-state index < -0.39 is 0 Å². The van der Waals surface area contributed by atoms with Gasteiger partial charge in [0.1, 0.15) is 0 Å². The molecule has 1 nitrogen and oxygen atoms in total. The lowest BCUT2D eigenvalue weighted by Gasteiger charge is -2.33. The number of hydrogen-bond donors (Lipinski definition) is 0. The molecular weight excluding hydrogens is 627 g/mol. The third kappa shape index (κ3) is 5.60. The van der Waals surface area contributed by atoms with Crippen molar-refractivity contribution in [3.8, 4) is 33.4 Å². The quantitative estimate of drug-likeness (QED) is 0.164. The van der Waals surface area contributed by atoms with Crippen LogP contribution in [0.5, 0.6) is 0 Å². The van der Waals surface area contributed by atoms with Gasteiger partial charge in [-0.3, -0.25) is 0 Å². The standard InChI is InChI=1S/C51H41N/c1-51(2)47-23-13-12-21-45(47)50-44(22-14-24-48(50)51)40-27-32-43(33-28-40)52(42-30-25-38(26-31-42)36-15-6-3-7-16-36)49-34-29-41(37-17-8-4-9-18-37)35-46(49)39-19-10-5-11-20-39/h3-35,48,50H,1-2H3. The number of anilines is 3. The van der Waals surface area contributed by atoms with E-state index in [0.29, 0.717) is 11.8 Å². The van der Waals surface area contributed by atoms with Gasteiger partial charge in [-0.2, -0.15) is 0 Å². The van der Waals surface area contributed by atoms with Crippen LogP contribution < -0.4 is 4.90 Å². The Bertz CT molecular complexity index is 2400. The fraction of sp³-hybridized carbons (Fsp3) is 0.0980. The minimum atomic E-state index is 0.0830.